The van der Waals surface area contributed by atoms with Crippen LogP contribution in [0.15, 0.2) is 24.3 Å². The predicted molar refractivity (Wildman–Crippen MR) is 72.9 cm³/mol. The molecule has 0 bridgehead atoms. The normalized spacial score (nSPS) is 16.1. The molecule has 0 aliphatic heterocycles. The molecule has 0 aromatic heterocycles. The number of hydrogen-bond donors (Lipinski definition) is 1. The minimum absolute atomic E-state index is 0.656. The van der Waals surface area contributed by atoms with Gasteiger partial charge in [0.25, 0.3) is 0 Å². The maximum atomic E-state index is 5.66. The average molecular weight is 249 g/mol. The molecule has 1 aliphatic rings. The molecule has 3 heteroatoms. The summed E-state index contributed by atoms with van der Waals surface area (Å²) in [5, 5.41) is 3.54. The number of nitrogens with one attached hydrogen (secondary N) is 1. The first-order chi connectivity index (χ1) is 8.88. The fourth-order valence-electron chi connectivity index (χ4n) is 2.42. The van der Waals surface area contributed by atoms with Crippen LogP contribution in [0.5, 0.6) is 5.75 Å². The second kappa shape index (κ2) is 7.39. The van der Waals surface area contributed by atoms with Gasteiger partial charge in [-0.05, 0) is 30.5 Å². The highest BCUT2D eigenvalue weighted by molar-refractivity contribution is 5.27. The number of rotatable bonds is 7. The number of ether oxygens (including phenoxy) is 2. The lowest BCUT2D eigenvalue weighted by molar-refractivity contribution is 0.120. The Bertz CT molecular complexity index is 348. The lowest BCUT2D eigenvalue weighted by atomic mass is 10.2. The van der Waals surface area contributed by atoms with Crippen molar-refractivity contribution in [1.29, 1.82) is 0 Å². The van der Waals surface area contributed by atoms with E-state index in [1.54, 1.807) is 7.11 Å². The first-order valence-electron chi connectivity index (χ1n) is 6.82. The van der Waals surface area contributed by atoms with E-state index >= 15 is 0 Å². The van der Waals surface area contributed by atoms with E-state index in [-0.39, 0.29) is 0 Å². The van der Waals surface area contributed by atoms with Gasteiger partial charge >= 0.3 is 0 Å². The second-order valence-electron chi connectivity index (χ2n) is 4.84. The first-order valence-corrected chi connectivity index (χ1v) is 6.82. The highest BCUT2D eigenvalue weighted by Gasteiger charge is 2.13. The van der Waals surface area contributed by atoms with Crippen LogP contribution in [-0.4, -0.2) is 26.3 Å². The molecule has 0 heterocycles. The van der Waals surface area contributed by atoms with E-state index in [1.165, 1.54) is 25.7 Å². The molecular formula is C15H23NO2. The van der Waals surface area contributed by atoms with Gasteiger partial charge < -0.3 is 14.8 Å². The van der Waals surface area contributed by atoms with Gasteiger partial charge in [-0.1, -0.05) is 25.0 Å². The van der Waals surface area contributed by atoms with Crippen LogP contribution in [0.2, 0.25) is 0 Å². The van der Waals surface area contributed by atoms with Crippen LogP contribution in [0, 0.1) is 0 Å². The van der Waals surface area contributed by atoms with Crippen molar-refractivity contribution in [3.63, 3.8) is 0 Å². The molecular weight excluding hydrogens is 226 g/mol. The van der Waals surface area contributed by atoms with Crippen molar-refractivity contribution >= 4 is 0 Å². The van der Waals surface area contributed by atoms with Crippen LogP contribution in [-0.2, 0) is 11.3 Å². The second-order valence-corrected chi connectivity index (χ2v) is 4.84. The summed E-state index contributed by atoms with van der Waals surface area (Å²) >= 11 is 0. The molecule has 1 N–H and O–H groups in total. The van der Waals surface area contributed by atoms with Crippen molar-refractivity contribution in [3.05, 3.63) is 29.8 Å². The van der Waals surface area contributed by atoms with Crippen LogP contribution in [0.1, 0.15) is 31.2 Å². The lowest BCUT2D eigenvalue weighted by Gasteiger charge is -2.12. The first kappa shape index (κ1) is 13.4. The van der Waals surface area contributed by atoms with Gasteiger partial charge in [0.2, 0.25) is 0 Å². The minimum Gasteiger partial charge on any atom is -0.497 e. The van der Waals surface area contributed by atoms with Gasteiger partial charge in [0.1, 0.15) is 5.75 Å². The molecule has 2 rings (SSSR count). The largest absolute Gasteiger partial charge is 0.497 e. The van der Waals surface area contributed by atoms with Crippen molar-refractivity contribution in [2.75, 3.05) is 20.3 Å². The molecule has 1 fully saturated rings. The van der Waals surface area contributed by atoms with Crippen LogP contribution < -0.4 is 10.1 Å². The summed E-state index contributed by atoms with van der Waals surface area (Å²) < 4.78 is 10.8. The van der Waals surface area contributed by atoms with Crippen molar-refractivity contribution in [3.8, 4) is 5.75 Å². The van der Waals surface area contributed by atoms with E-state index in [4.69, 9.17) is 9.47 Å². The highest BCUT2D eigenvalue weighted by Crippen LogP contribution is 2.17. The highest BCUT2D eigenvalue weighted by atomic mass is 16.5. The molecule has 0 atom stereocenters. The van der Waals surface area contributed by atoms with E-state index in [0.717, 1.165) is 30.5 Å². The predicted octanol–water partition coefficient (Wildman–Crippen LogP) is 2.74. The zero-order chi connectivity index (χ0) is 12.6. The van der Waals surface area contributed by atoms with Crippen molar-refractivity contribution in [1.82, 2.24) is 5.32 Å². The third-order valence-electron chi connectivity index (χ3n) is 3.44. The van der Waals surface area contributed by atoms with Crippen molar-refractivity contribution in [2.24, 2.45) is 0 Å². The Kier molecular flexibility index (Phi) is 5.49. The number of benzene rings is 1. The zero-order valence-corrected chi connectivity index (χ0v) is 11.2. The molecule has 0 saturated heterocycles. The van der Waals surface area contributed by atoms with Gasteiger partial charge in [-0.2, -0.15) is 0 Å². The van der Waals surface area contributed by atoms with E-state index in [2.05, 4.69) is 11.4 Å². The molecule has 0 spiro atoms. The Morgan fingerprint density at radius 1 is 1.28 bits per heavy atom. The summed E-state index contributed by atoms with van der Waals surface area (Å²) in [6, 6.07) is 8.75. The maximum absolute atomic E-state index is 5.66. The van der Waals surface area contributed by atoms with Crippen LogP contribution in [0.25, 0.3) is 0 Å². The van der Waals surface area contributed by atoms with Gasteiger partial charge in [-0.25, -0.2) is 0 Å². The van der Waals surface area contributed by atoms with Crippen LogP contribution in [0.3, 0.4) is 0 Å². The molecule has 0 radical (unpaired) electrons. The summed E-state index contributed by atoms with van der Waals surface area (Å²) in [6.45, 7) is 2.38. The summed E-state index contributed by atoms with van der Waals surface area (Å²) in [5.41, 5.74) is 1.16. The number of hydrogen-bond acceptors (Lipinski definition) is 3. The maximum Gasteiger partial charge on any atom is 0.119 e. The fraction of sp³-hybridized carbons (Fsp3) is 0.600. The van der Waals surface area contributed by atoms with Crippen molar-refractivity contribution in [2.45, 2.75) is 38.3 Å². The summed E-state index contributed by atoms with van der Waals surface area (Å²) in [7, 11) is 1.69. The Morgan fingerprint density at radius 3 is 2.89 bits per heavy atom. The van der Waals surface area contributed by atoms with E-state index < -0.39 is 0 Å². The van der Waals surface area contributed by atoms with Crippen LogP contribution in [0.4, 0.5) is 0 Å². The average Bonchev–Trinajstić information content (AvgIpc) is 2.92. The standard InChI is InChI=1S/C15H23NO2/c1-17-15-8-4-5-13(11-15)12-18-10-9-16-14-6-2-3-7-14/h4-5,8,11,14,16H,2-3,6-7,9-10,12H2,1H3. The Morgan fingerprint density at radius 2 is 2.11 bits per heavy atom. The molecule has 0 amide bonds. The SMILES string of the molecule is COc1cccc(COCCNC2CCCC2)c1. The van der Waals surface area contributed by atoms with Gasteiger partial charge in [-0.3, -0.25) is 0 Å². The summed E-state index contributed by atoms with van der Waals surface area (Å²) in [5.74, 6) is 0.889. The topological polar surface area (TPSA) is 30.5 Å². The Hall–Kier alpha value is -1.06. The van der Waals surface area contributed by atoms with E-state index in [9.17, 15) is 0 Å². The van der Waals surface area contributed by atoms with Gasteiger partial charge in [0.15, 0.2) is 0 Å². The third-order valence-corrected chi connectivity index (χ3v) is 3.44. The van der Waals surface area contributed by atoms with E-state index in [1.807, 2.05) is 18.2 Å². The quantitative estimate of drug-likeness (QED) is 0.754. The molecule has 1 aromatic carbocycles. The molecule has 100 valence electrons. The monoisotopic (exact) mass is 249 g/mol. The lowest BCUT2D eigenvalue weighted by Crippen LogP contribution is -2.29. The fourth-order valence-corrected chi connectivity index (χ4v) is 2.42. The summed E-state index contributed by atoms with van der Waals surface area (Å²) in [6.07, 6.45) is 5.41. The van der Waals surface area contributed by atoms with Gasteiger partial charge in [0, 0.05) is 12.6 Å². The smallest absolute Gasteiger partial charge is 0.119 e. The molecule has 1 aromatic rings. The van der Waals surface area contributed by atoms with Gasteiger partial charge in [0.05, 0.1) is 20.3 Å². The number of methoxy groups -OCH3 is 1. The minimum atomic E-state index is 0.656. The molecule has 1 aliphatic carbocycles. The van der Waals surface area contributed by atoms with Crippen molar-refractivity contribution < 1.29 is 9.47 Å². The summed E-state index contributed by atoms with van der Waals surface area (Å²) in [4.78, 5) is 0. The van der Waals surface area contributed by atoms with E-state index in [0.29, 0.717) is 6.61 Å². The van der Waals surface area contributed by atoms with Gasteiger partial charge in [-0.15, -0.1) is 0 Å². The Balaban J connectivity index is 1.59. The molecule has 18 heavy (non-hydrogen) atoms. The Labute approximate surface area is 109 Å². The molecule has 3 nitrogen and oxygen atoms in total. The third kappa shape index (κ3) is 4.31. The zero-order valence-electron chi connectivity index (χ0n) is 11.2. The molecule has 1 saturated carbocycles. The van der Waals surface area contributed by atoms with Crippen LogP contribution >= 0.6 is 0 Å². The molecule has 0 unspecified atom stereocenters.